The summed E-state index contributed by atoms with van der Waals surface area (Å²) >= 11 is 0. The Bertz CT molecular complexity index is 467. The zero-order valence-corrected chi connectivity index (χ0v) is 9.86. The van der Waals surface area contributed by atoms with E-state index in [4.69, 9.17) is 15.5 Å². The van der Waals surface area contributed by atoms with Gasteiger partial charge in [0.25, 0.3) is 0 Å². The Kier molecular flexibility index (Phi) is 2.42. The highest BCUT2D eigenvalue weighted by atomic mass is 16.5. The van der Waals surface area contributed by atoms with Gasteiger partial charge in [-0.15, -0.1) is 0 Å². The van der Waals surface area contributed by atoms with Crippen LogP contribution in [0.3, 0.4) is 0 Å². The van der Waals surface area contributed by atoms with Crippen LogP contribution in [0, 0.1) is 5.92 Å². The molecule has 1 aromatic carbocycles. The third-order valence-electron chi connectivity index (χ3n) is 3.59. The van der Waals surface area contributed by atoms with Crippen molar-refractivity contribution in [1.82, 2.24) is 0 Å². The molecule has 0 saturated heterocycles. The number of hydrogen-bond acceptors (Lipinski definition) is 3. The summed E-state index contributed by atoms with van der Waals surface area (Å²) in [4.78, 5) is 4.73. The van der Waals surface area contributed by atoms with E-state index in [0.29, 0.717) is 25.0 Å². The van der Waals surface area contributed by atoms with Crippen molar-refractivity contribution in [2.45, 2.75) is 18.4 Å². The predicted molar refractivity (Wildman–Crippen MR) is 65.8 cm³/mol. The number of benzene rings is 1. The van der Waals surface area contributed by atoms with Crippen molar-refractivity contribution in [2.75, 3.05) is 13.2 Å². The third-order valence-corrected chi connectivity index (χ3v) is 3.59. The van der Waals surface area contributed by atoms with Crippen LogP contribution in [0.25, 0.3) is 0 Å². The number of nitrogens with two attached hydrogens (primary N) is 1. The van der Waals surface area contributed by atoms with Crippen LogP contribution in [0.4, 0.5) is 5.69 Å². The van der Waals surface area contributed by atoms with E-state index in [1.807, 2.05) is 12.1 Å². The van der Waals surface area contributed by atoms with Crippen LogP contribution in [-0.4, -0.2) is 19.0 Å². The summed E-state index contributed by atoms with van der Waals surface area (Å²) in [5.74, 6) is 1.18. The molecule has 2 aliphatic rings. The van der Waals surface area contributed by atoms with Crippen LogP contribution in [0.5, 0.6) is 0 Å². The van der Waals surface area contributed by atoms with Gasteiger partial charge in [0, 0.05) is 6.07 Å². The quantitative estimate of drug-likeness (QED) is 0.781. The van der Waals surface area contributed by atoms with Gasteiger partial charge >= 0.3 is 0 Å². The topological polar surface area (TPSA) is 75.2 Å². The van der Waals surface area contributed by atoms with E-state index in [1.54, 1.807) is 0 Å². The van der Waals surface area contributed by atoms with Crippen molar-refractivity contribution >= 4 is 11.5 Å². The Morgan fingerprint density at radius 3 is 2.88 bits per heavy atom. The first kappa shape index (κ1) is 10.7. The predicted octanol–water partition coefficient (Wildman–Crippen LogP) is 0.553. The highest BCUT2D eigenvalue weighted by molar-refractivity contribution is 5.82. The molecule has 0 aromatic heterocycles. The first-order chi connectivity index (χ1) is 8.21. The molecule has 1 aromatic rings. The summed E-state index contributed by atoms with van der Waals surface area (Å²) in [5, 5.41) is 0. The molecule has 1 aliphatic heterocycles. The van der Waals surface area contributed by atoms with Gasteiger partial charge in [-0.1, -0.05) is 12.1 Å². The van der Waals surface area contributed by atoms with Gasteiger partial charge in [-0.25, -0.2) is 0 Å². The molecule has 1 heterocycles. The maximum Gasteiger partial charge on any atom is 0.128 e. The number of aliphatic imine (C=N–C) groups is 1. The average molecular weight is 232 g/mol. The van der Waals surface area contributed by atoms with Crippen molar-refractivity contribution < 1.29 is 10.5 Å². The first-order valence-corrected chi connectivity index (χ1v) is 6.05. The Morgan fingerprint density at radius 2 is 2.24 bits per heavy atom. The van der Waals surface area contributed by atoms with Crippen LogP contribution in [0.2, 0.25) is 0 Å². The van der Waals surface area contributed by atoms with Gasteiger partial charge in [-0.2, -0.15) is 0 Å². The largest absolute Gasteiger partial charge is 0.386 e. The monoisotopic (exact) mass is 232 g/mol. The molecule has 17 heavy (non-hydrogen) atoms. The van der Waals surface area contributed by atoms with Gasteiger partial charge in [-0.3, -0.25) is 4.99 Å². The first-order valence-electron chi connectivity index (χ1n) is 6.05. The fourth-order valence-corrected chi connectivity index (χ4v) is 2.63. The summed E-state index contributed by atoms with van der Waals surface area (Å²) in [6.07, 6.45) is 2.42. The molecular weight excluding hydrogens is 214 g/mol. The van der Waals surface area contributed by atoms with E-state index in [-0.39, 0.29) is 5.54 Å². The van der Waals surface area contributed by atoms with Crippen molar-refractivity contribution in [3.05, 3.63) is 29.8 Å². The molecule has 1 fully saturated rings. The lowest BCUT2D eigenvalue weighted by Gasteiger charge is -2.34. The molecule has 0 bridgehead atoms. The fourth-order valence-electron chi connectivity index (χ4n) is 2.63. The lowest BCUT2D eigenvalue weighted by Crippen LogP contribution is -2.43. The maximum absolute atomic E-state index is 5.86. The minimum atomic E-state index is -0.254. The summed E-state index contributed by atoms with van der Waals surface area (Å²) < 4.78 is 5.62. The highest BCUT2D eigenvalue weighted by Crippen LogP contribution is 2.49. The van der Waals surface area contributed by atoms with Crippen LogP contribution in [-0.2, 0) is 10.3 Å². The number of nitrogens with zero attached hydrogens (tertiary/aromatic N) is 1. The molecule has 1 unspecified atom stereocenters. The van der Waals surface area contributed by atoms with Gasteiger partial charge in [0.15, 0.2) is 0 Å². The standard InChI is InChI=1S/C13H17N3O/c14-11-3-1-2-10(6-11)13(9-4-5-9)8-17-7-12(15)16-13/h1-3,6,9H,4-5,7-8,14H2,(H2,15,16)/p+1. The van der Waals surface area contributed by atoms with Gasteiger partial charge < -0.3 is 16.2 Å². The van der Waals surface area contributed by atoms with Crippen molar-refractivity contribution in [3.8, 4) is 0 Å². The van der Waals surface area contributed by atoms with Crippen LogP contribution in [0.1, 0.15) is 18.4 Å². The Morgan fingerprint density at radius 1 is 1.41 bits per heavy atom. The van der Waals surface area contributed by atoms with E-state index < -0.39 is 0 Å². The summed E-state index contributed by atoms with van der Waals surface area (Å²) in [7, 11) is 0. The van der Waals surface area contributed by atoms with E-state index in [2.05, 4.69) is 17.9 Å². The molecular formula is C13H18N3O+. The Balaban J connectivity index is 2.08. The second-order valence-corrected chi connectivity index (χ2v) is 4.99. The molecule has 0 amide bonds. The zero-order chi connectivity index (χ0) is 11.9. The SMILES string of the molecule is NC1=NC(c2cccc([NH3+])c2)(C2CC2)COC1. The molecule has 90 valence electrons. The van der Waals surface area contributed by atoms with Crippen molar-refractivity contribution in [2.24, 2.45) is 16.6 Å². The molecule has 0 spiro atoms. The number of quaternary nitrogens is 1. The molecule has 1 atom stereocenters. The molecule has 1 aliphatic carbocycles. The highest BCUT2D eigenvalue weighted by Gasteiger charge is 2.48. The zero-order valence-electron chi connectivity index (χ0n) is 9.86. The van der Waals surface area contributed by atoms with E-state index >= 15 is 0 Å². The van der Waals surface area contributed by atoms with Gasteiger partial charge in [0.1, 0.15) is 23.7 Å². The van der Waals surface area contributed by atoms with Crippen molar-refractivity contribution in [1.29, 1.82) is 0 Å². The van der Waals surface area contributed by atoms with Crippen LogP contribution < -0.4 is 11.5 Å². The number of hydrogen-bond donors (Lipinski definition) is 2. The number of amidine groups is 1. The van der Waals surface area contributed by atoms with Gasteiger partial charge in [0.2, 0.25) is 0 Å². The summed E-state index contributed by atoms with van der Waals surface area (Å²) in [6, 6.07) is 8.24. The van der Waals surface area contributed by atoms with Crippen LogP contribution >= 0.6 is 0 Å². The average Bonchev–Trinajstić information content (AvgIpc) is 3.13. The minimum absolute atomic E-state index is 0.254. The van der Waals surface area contributed by atoms with E-state index in [0.717, 1.165) is 5.69 Å². The lowest BCUT2D eigenvalue weighted by molar-refractivity contribution is -0.254. The molecule has 5 N–H and O–H groups in total. The molecule has 3 rings (SSSR count). The third kappa shape index (κ3) is 1.83. The van der Waals surface area contributed by atoms with Crippen molar-refractivity contribution in [3.63, 3.8) is 0 Å². The fraction of sp³-hybridized carbons (Fsp3) is 0.462. The number of rotatable bonds is 2. The second-order valence-electron chi connectivity index (χ2n) is 4.99. The van der Waals surface area contributed by atoms with E-state index in [9.17, 15) is 0 Å². The number of ether oxygens (including phenoxy) is 1. The maximum atomic E-state index is 5.86. The second kappa shape index (κ2) is 3.82. The van der Waals surface area contributed by atoms with Crippen LogP contribution in [0.15, 0.2) is 29.3 Å². The van der Waals surface area contributed by atoms with Gasteiger partial charge in [0.05, 0.1) is 6.61 Å². The lowest BCUT2D eigenvalue weighted by atomic mass is 9.85. The summed E-state index contributed by atoms with van der Waals surface area (Å²) in [5.41, 5.74) is 11.8. The molecule has 4 nitrogen and oxygen atoms in total. The smallest absolute Gasteiger partial charge is 0.128 e. The van der Waals surface area contributed by atoms with Gasteiger partial charge in [-0.05, 0) is 30.4 Å². The minimum Gasteiger partial charge on any atom is -0.386 e. The summed E-state index contributed by atoms with van der Waals surface area (Å²) in [6.45, 7) is 1.10. The Hall–Kier alpha value is -1.39. The van der Waals surface area contributed by atoms with E-state index in [1.165, 1.54) is 18.4 Å². The molecule has 0 radical (unpaired) electrons. The normalized spacial score (nSPS) is 28.9. The molecule has 1 saturated carbocycles. The molecule has 4 heteroatoms. The Labute approximate surface area is 101 Å².